The second-order valence-corrected chi connectivity index (χ2v) is 3.59. The van der Waals surface area contributed by atoms with Gasteiger partial charge in [-0.2, -0.15) is 0 Å². The predicted octanol–water partition coefficient (Wildman–Crippen LogP) is 1.22. The molecule has 1 heterocycles. The number of rotatable bonds is 3. The maximum absolute atomic E-state index is 12.9. The lowest BCUT2D eigenvalue weighted by Crippen LogP contribution is -2.30. The summed E-state index contributed by atoms with van der Waals surface area (Å²) in [6.45, 7) is 0. The van der Waals surface area contributed by atoms with Crippen molar-refractivity contribution < 1.29 is 14.3 Å². The van der Waals surface area contributed by atoms with Gasteiger partial charge in [-0.15, -0.1) is 0 Å². The van der Waals surface area contributed by atoms with Gasteiger partial charge < -0.3 is 10.8 Å². The van der Waals surface area contributed by atoms with E-state index in [2.05, 4.69) is 5.32 Å². The van der Waals surface area contributed by atoms with Gasteiger partial charge in [0, 0.05) is 24.3 Å². The standard InChI is InChI=1S/C11H10FN2O2/c12-7-1-2-8-6(3-9(13)11(15)16)5-14-10(8)4-7/h1-2,4-5,9H,3,13H2,(H,15,16)/t9-/m0/s1. The molecule has 0 amide bonds. The highest BCUT2D eigenvalue weighted by Crippen LogP contribution is 2.33. The van der Waals surface area contributed by atoms with Gasteiger partial charge in [0.05, 0.1) is 5.69 Å². The second-order valence-electron chi connectivity index (χ2n) is 3.59. The van der Waals surface area contributed by atoms with Crippen LogP contribution < -0.4 is 11.1 Å². The number of benzene rings is 1. The molecule has 1 aromatic carbocycles. The van der Waals surface area contributed by atoms with E-state index in [-0.39, 0.29) is 12.2 Å². The van der Waals surface area contributed by atoms with Crippen molar-refractivity contribution in [1.82, 2.24) is 5.32 Å². The second kappa shape index (κ2) is 3.94. The first-order chi connectivity index (χ1) is 7.58. The summed E-state index contributed by atoms with van der Waals surface area (Å²) >= 11 is 0. The average Bonchev–Trinajstić information content (AvgIpc) is 2.60. The summed E-state index contributed by atoms with van der Waals surface area (Å²) in [6, 6.07) is 3.25. The lowest BCUT2D eigenvalue weighted by Gasteiger charge is -2.07. The number of nitrogens with two attached hydrogens (primary N) is 1. The molecule has 0 saturated heterocycles. The zero-order valence-electron chi connectivity index (χ0n) is 8.35. The summed E-state index contributed by atoms with van der Waals surface area (Å²) in [5.41, 5.74) is 7.42. The lowest BCUT2D eigenvalue weighted by molar-refractivity contribution is -0.138. The summed E-state index contributed by atoms with van der Waals surface area (Å²) in [5.74, 6) is -1.42. The van der Waals surface area contributed by atoms with Crippen LogP contribution in [0.5, 0.6) is 0 Å². The third-order valence-electron chi connectivity index (χ3n) is 2.42. The van der Waals surface area contributed by atoms with Gasteiger partial charge in [0.25, 0.3) is 0 Å². The highest BCUT2D eigenvalue weighted by molar-refractivity contribution is 5.83. The molecule has 1 radical (unpaired) electrons. The van der Waals surface area contributed by atoms with Crippen molar-refractivity contribution in [3.63, 3.8) is 0 Å². The molecule has 0 spiro atoms. The molecular formula is C11H10FN2O2. The van der Waals surface area contributed by atoms with Crippen LogP contribution in [-0.4, -0.2) is 17.1 Å². The minimum atomic E-state index is -1.06. The first kappa shape index (κ1) is 10.6. The van der Waals surface area contributed by atoms with Crippen LogP contribution in [0.25, 0.3) is 5.57 Å². The molecule has 4 nitrogen and oxygen atoms in total. The summed E-state index contributed by atoms with van der Waals surface area (Å²) < 4.78 is 12.9. The van der Waals surface area contributed by atoms with Gasteiger partial charge >= 0.3 is 5.97 Å². The first-order valence-corrected chi connectivity index (χ1v) is 4.76. The average molecular weight is 221 g/mol. The first-order valence-electron chi connectivity index (χ1n) is 4.76. The van der Waals surface area contributed by atoms with Gasteiger partial charge in [0.2, 0.25) is 0 Å². The zero-order valence-corrected chi connectivity index (χ0v) is 8.35. The molecule has 1 aliphatic rings. The van der Waals surface area contributed by atoms with Crippen molar-refractivity contribution in [2.24, 2.45) is 5.73 Å². The SMILES string of the molecule is N[C@@H](CC1=C[N]c2cc(F)ccc21)C(=O)O. The van der Waals surface area contributed by atoms with E-state index in [0.29, 0.717) is 5.69 Å². The monoisotopic (exact) mass is 221 g/mol. The number of carboxylic acid groups (broad SMARTS) is 1. The molecule has 1 aromatic rings. The van der Waals surface area contributed by atoms with Crippen molar-refractivity contribution in [1.29, 1.82) is 0 Å². The van der Waals surface area contributed by atoms with E-state index in [1.54, 1.807) is 6.07 Å². The Hall–Kier alpha value is -1.88. The van der Waals surface area contributed by atoms with E-state index in [1.165, 1.54) is 18.3 Å². The molecular weight excluding hydrogens is 211 g/mol. The molecule has 0 unspecified atom stereocenters. The van der Waals surface area contributed by atoms with Gasteiger partial charge in [-0.3, -0.25) is 10.1 Å². The summed E-state index contributed by atoms with van der Waals surface area (Å²) in [7, 11) is 0. The number of halogens is 1. The van der Waals surface area contributed by atoms with Gasteiger partial charge in [0.15, 0.2) is 0 Å². The van der Waals surface area contributed by atoms with Gasteiger partial charge in [-0.1, -0.05) is 0 Å². The zero-order chi connectivity index (χ0) is 11.7. The fourth-order valence-electron chi connectivity index (χ4n) is 1.59. The number of fused-ring (bicyclic) bond motifs is 1. The van der Waals surface area contributed by atoms with Crippen LogP contribution in [0.15, 0.2) is 24.4 Å². The minimum absolute atomic E-state index is 0.192. The van der Waals surface area contributed by atoms with Crippen LogP contribution in [0.3, 0.4) is 0 Å². The largest absolute Gasteiger partial charge is 0.480 e. The predicted molar refractivity (Wildman–Crippen MR) is 56.4 cm³/mol. The fourth-order valence-corrected chi connectivity index (χ4v) is 1.59. The molecule has 0 fully saturated rings. The third-order valence-corrected chi connectivity index (χ3v) is 2.42. The van der Waals surface area contributed by atoms with Gasteiger partial charge in [-0.05, 0) is 17.7 Å². The molecule has 1 aliphatic heterocycles. The van der Waals surface area contributed by atoms with Crippen molar-refractivity contribution in [3.05, 3.63) is 35.8 Å². The Bertz CT molecular complexity index is 471. The van der Waals surface area contributed by atoms with Gasteiger partial charge in [0.1, 0.15) is 11.9 Å². The minimum Gasteiger partial charge on any atom is -0.480 e. The van der Waals surface area contributed by atoms with Crippen molar-refractivity contribution >= 4 is 17.2 Å². The Morgan fingerprint density at radius 1 is 1.56 bits per heavy atom. The number of nitrogens with zero attached hydrogens (tertiary/aromatic N) is 1. The topological polar surface area (TPSA) is 77.4 Å². The van der Waals surface area contributed by atoms with Crippen molar-refractivity contribution in [3.8, 4) is 0 Å². The van der Waals surface area contributed by atoms with Gasteiger partial charge in [-0.25, -0.2) is 4.39 Å². The Labute approximate surface area is 91.6 Å². The van der Waals surface area contributed by atoms with E-state index in [0.717, 1.165) is 11.1 Å². The lowest BCUT2D eigenvalue weighted by atomic mass is 10.0. The molecule has 0 saturated carbocycles. The number of carbonyl (C=O) groups is 1. The number of carboxylic acids is 1. The highest BCUT2D eigenvalue weighted by atomic mass is 19.1. The quantitative estimate of drug-likeness (QED) is 0.805. The maximum Gasteiger partial charge on any atom is 0.320 e. The molecule has 2 rings (SSSR count). The van der Waals surface area contributed by atoms with Crippen LogP contribution in [0, 0.1) is 5.82 Å². The molecule has 3 N–H and O–H groups in total. The van der Waals surface area contributed by atoms with Crippen LogP contribution in [0.2, 0.25) is 0 Å². The third kappa shape index (κ3) is 1.90. The van der Waals surface area contributed by atoms with Crippen LogP contribution in [-0.2, 0) is 4.79 Å². The molecule has 83 valence electrons. The van der Waals surface area contributed by atoms with Crippen LogP contribution >= 0.6 is 0 Å². The number of hydrogen-bond donors (Lipinski definition) is 2. The molecule has 5 heteroatoms. The number of aliphatic carboxylic acids is 1. The maximum atomic E-state index is 12.9. The Kier molecular flexibility index (Phi) is 2.62. The van der Waals surface area contributed by atoms with E-state index < -0.39 is 12.0 Å². The number of hydrogen-bond acceptors (Lipinski definition) is 2. The fraction of sp³-hybridized carbons (Fsp3) is 0.182. The summed E-state index contributed by atoms with van der Waals surface area (Å²) in [5, 5.41) is 12.7. The van der Waals surface area contributed by atoms with Crippen LogP contribution in [0.4, 0.5) is 10.1 Å². The smallest absolute Gasteiger partial charge is 0.320 e. The normalized spacial score (nSPS) is 15.0. The van der Waals surface area contributed by atoms with Crippen molar-refractivity contribution in [2.45, 2.75) is 12.5 Å². The summed E-state index contributed by atoms with van der Waals surface area (Å²) in [4.78, 5) is 10.6. The molecule has 0 aromatic heterocycles. The molecule has 1 atom stereocenters. The van der Waals surface area contributed by atoms with E-state index in [4.69, 9.17) is 10.8 Å². The molecule has 16 heavy (non-hydrogen) atoms. The van der Waals surface area contributed by atoms with E-state index in [1.807, 2.05) is 0 Å². The highest BCUT2D eigenvalue weighted by Gasteiger charge is 2.21. The van der Waals surface area contributed by atoms with Crippen LogP contribution in [0.1, 0.15) is 12.0 Å². The van der Waals surface area contributed by atoms with E-state index >= 15 is 0 Å². The molecule has 0 bridgehead atoms. The van der Waals surface area contributed by atoms with E-state index in [9.17, 15) is 9.18 Å². The summed E-state index contributed by atoms with van der Waals surface area (Å²) in [6.07, 6.45) is 1.73. The Morgan fingerprint density at radius 3 is 3.00 bits per heavy atom. The van der Waals surface area contributed by atoms with Crippen molar-refractivity contribution in [2.75, 3.05) is 0 Å². The Balaban J connectivity index is 2.20. The molecule has 0 aliphatic carbocycles. The Morgan fingerprint density at radius 2 is 2.31 bits per heavy atom.